The summed E-state index contributed by atoms with van der Waals surface area (Å²) in [5, 5.41) is 33.9. The van der Waals surface area contributed by atoms with Crippen molar-refractivity contribution in [3.8, 4) is 0 Å². The molecular weight excluding hydrogens is 396 g/mol. The number of hydrogen-bond donors (Lipinski definition) is 8. The fourth-order valence-corrected chi connectivity index (χ4v) is 2.09. The molecule has 0 aliphatic rings. The highest BCUT2D eigenvalue weighted by atomic mass is 32.1. The Morgan fingerprint density at radius 1 is 0.964 bits per heavy atom. The Kier molecular flexibility index (Phi) is 11.1. The van der Waals surface area contributed by atoms with Crippen LogP contribution in [-0.4, -0.2) is 81.0 Å². The topological polar surface area (TPSA) is 208 Å². The molecule has 0 saturated heterocycles. The van der Waals surface area contributed by atoms with Crippen molar-refractivity contribution in [2.75, 3.05) is 5.75 Å². The number of hydrogen-bond acceptors (Lipinski definition) is 8. The van der Waals surface area contributed by atoms with Crippen LogP contribution in [0.1, 0.15) is 26.7 Å². The van der Waals surface area contributed by atoms with Crippen LogP contribution in [0.3, 0.4) is 0 Å². The Balaban J connectivity index is 5.28. The molecule has 160 valence electrons. The Bertz CT molecular complexity index is 601. The van der Waals surface area contributed by atoms with Gasteiger partial charge in [0, 0.05) is 12.2 Å². The highest BCUT2D eigenvalue weighted by Crippen LogP contribution is 2.03. The quantitative estimate of drug-likeness (QED) is 0.151. The third-order valence-corrected chi connectivity index (χ3v) is 4.00. The lowest BCUT2D eigenvalue weighted by atomic mass is 10.1. The smallest absolute Gasteiger partial charge is 0.325 e. The molecule has 5 unspecified atom stereocenters. The van der Waals surface area contributed by atoms with Crippen LogP contribution in [0.25, 0.3) is 0 Å². The van der Waals surface area contributed by atoms with Crippen LogP contribution in [0.15, 0.2) is 0 Å². The summed E-state index contributed by atoms with van der Waals surface area (Å²) in [7, 11) is 0. The summed E-state index contributed by atoms with van der Waals surface area (Å²) in [6.07, 6.45) is -2.16. The molecule has 0 fully saturated rings. The van der Waals surface area contributed by atoms with Crippen LogP contribution < -0.4 is 21.7 Å². The number of thiol groups is 1. The van der Waals surface area contributed by atoms with Gasteiger partial charge in [-0.1, -0.05) is 0 Å². The highest BCUT2D eigenvalue weighted by molar-refractivity contribution is 7.80. The first-order valence-corrected chi connectivity index (χ1v) is 8.94. The molecule has 0 heterocycles. The largest absolute Gasteiger partial charge is 0.481 e. The molecule has 13 heteroatoms. The molecule has 0 aliphatic heterocycles. The molecule has 0 saturated carbocycles. The molecule has 28 heavy (non-hydrogen) atoms. The Labute approximate surface area is 166 Å². The van der Waals surface area contributed by atoms with Crippen LogP contribution in [0.2, 0.25) is 0 Å². The van der Waals surface area contributed by atoms with Crippen molar-refractivity contribution >= 4 is 42.3 Å². The summed E-state index contributed by atoms with van der Waals surface area (Å²) in [6.45, 7) is 2.38. The fraction of sp³-hybridized carbons (Fsp3) is 0.667. The van der Waals surface area contributed by atoms with Crippen LogP contribution in [0, 0.1) is 0 Å². The Hall–Kier alpha value is -2.38. The van der Waals surface area contributed by atoms with Crippen molar-refractivity contribution in [1.29, 1.82) is 0 Å². The van der Waals surface area contributed by atoms with Gasteiger partial charge in [-0.05, 0) is 20.3 Å². The minimum absolute atomic E-state index is 0.0229. The molecule has 5 atom stereocenters. The van der Waals surface area contributed by atoms with Crippen molar-refractivity contribution in [1.82, 2.24) is 16.0 Å². The summed E-state index contributed by atoms with van der Waals surface area (Å²) < 4.78 is 0. The second kappa shape index (κ2) is 12.2. The number of carbonyl (C=O) groups is 5. The molecule has 0 rings (SSSR count). The van der Waals surface area contributed by atoms with Gasteiger partial charge in [0.2, 0.25) is 17.7 Å². The zero-order valence-corrected chi connectivity index (χ0v) is 16.3. The lowest BCUT2D eigenvalue weighted by Gasteiger charge is -2.25. The molecule has 0 spiro atoms. The number of carbonyl (C=O) groups excluding carboxylic acids is 3. The SMILES string of the molecule is CC(NC(=O)C(NC(=O)C(CCC(=O)O)NC(=O)C(N)CS)C(C)O)C(=O)O. The summed E-state index contributed by atoms with van der Waals surface area (Å²) in [5.41, 5.74) is 5.51. The van der Waals surface area contributed by atoms with Gasteiger partial charge in [-0.25, -0.2) is 0 Å². The van der Waals surface area contributed by atoms with E-state index in [1.807, 2.05) is 0 Å². The lowest BCUT2D eigenvalue weighted by Crippen LogP contribution is -2.59. The minimum atomic E-state index is -1.53. The van der Waals surface area contributed by atoms with Gasteiger partial charge in [0.25, 0.3) is 0 Å². The van der Waals surface area contributed by atoms with E-state index in [-0.39, 0.29) is 12.2 Å². The van der Waals surface area contributed by atoms with E-state index < -0.39 is 66.4 Å². The van der Waals surface area contributed by atoms with Gasteiger partial charge in [0.1, 0.15) is 18.1 Å². The Morgan fingerprint density at radius 2 is 1.54 bits per heavy atom. The normalized spacial score (nSPS) is 16.0. The van der Waals surface area contributed by atoms with Crippen molar-refractivity contribution in [2.24, 2.45) is 5.73 Å². The van der Waals surface area contributed by atoms with Gasteiger partial charge in [-0.2, -0.15) is 12.6 Å². The fourth-order valence-electron chi connectivity index (χ4n) is 1.92. The third kappa shape index (κ3) is 9.01. The van der Waals surface area contributed by atoms with Gasteiger partial charge >= 0.3 is 11.9 Å². The minimum Gasteiger partial charge on any atom is -0.481 e. The van der Waals surface area contributed by atoms with Crippen molar-refractivity contribution in [3.05, 3.63) is 0 Å². The average Bonchev–Trinajstić information content (AvgIpc) is 2.60. The van der Waals surface area contributed by atoms with Crippen molar-refractivity contribution in [2.45, 2.75) is 57.0 Å². The first-order valence-electron chi connectivity index (χ1n) is 8.30. The number of aliphatic hydroxyl groups is 1. The zero-order chi connectivity index (χ0) is 22.0. The first kappa shape index (κ1) is 25.6. The molecule has 0 bridgehead atoms. The number of nitrogens with two attached hydrogens (primary N) is 1. The van der Waals surface area contributed by atoms with E-state index in [0.29, 0.717) is 0 Å². The molecule has 0 aliphatic carbocycles. The Morgan fingerprint density at radius 3 is 1.96 bits per heavy atom. The molecule has 0 radical (unpaired) electrons. The number of aliphatic carboxylic acids is 2. The molecule has 0 aromatic rings. The van der Waals surface area contributed by atoms with E-state index in [2.05, 4.69) is 28.6 Å². The molecule has 3 amide bonds. The lowest BCUT2D eigenvalue weighted by molar-refractivity contribution is -0.142. The summed E-state index contributed by atoms with van der Waals surface area (Å²) >= 11 is 3.86. The molecular formula is C15H26N4O8S. The molecule has 0 aromatic heterocycles. The predicted octanol–water partition coefficient (Wildman–Crippen LogP) is -2.95. The molecule has 0 aromatic carbocycles. The van der Waals surface area contributed by atoms with Gasteiger partial charge < -0.3 is 37.0 Å². The first-order chi connectivity index (χ1) is 12.9. The van der Waals surface area contributed by atoms with Crippen molar-refractivity contribution in [3.63, 3.8) is 0 Å². The summed E-state index contributed by atoms with van der Waals surface area (Å²) in [6, 6.07) is -5.20. The standard InChI is InChI=1S/C15H26N4O8S/c1-6(15(26)27)17-14(25)11(7(2)20)19-13(24)9(3-4-10(21)22)18-12(23)8(16)5-28/h6-9,11,20,28H,3-5,16H2,1-2H3,(H,17,25)(H,18,23)(H,19,24)(H,21,22)(H,26,27). The molecule has 12 nitrogen and oxygen atoms in total. The number of rotatable bonds is 12. The maximum absolute atomic E-state index is 12.5. The van der Waals surface area contributed by atoms with E-state index in [1.165, 1.54) is 13.8 Å². The number of aliphatic hydroxyl groups excluding tert-OH is 1. The summed E-state index contributed by atoms with van der Waals surface area (Å²) in [5.74, 6) is -5.22. The van der Waals surface area contributed by atoms with Crippen LogP contribution >= 0.6 is 12.6 Å². The predicted molar refractivity (Wildman–Crippen MR) is 99.5 cm³/mol. The second-order valence-corrected chi connectivity index (χ2v) is 6.44. The number of nitrogens with one attached hydrogen (secondary N) is 3. The van der Waals surface area contributed by atoms with Gasteiger partial charge in [0.15, 0.2) is 0 Å². The maximum atomic E-state index is 12.5. The monoisotopic (exact) mass is 422 g/mol. The molecule has 8 N–H and O–H groups in total. The number of amides is 3. The van der Waals surface area contributed by atoms with Crippen LogP contribution in [0.4, 0.5) is 0 Å². The van der Waals surface area contributed by atoms with Crippen molar-refractivity contribution < 1.29 is 39.3 Å². The van der Waals surface area contributed by atoms with E-state index in [1.54, 1.807) is 0 Å². The van der Waals surface area contributed by atoms with Gasteiger partial charge in [-0.3, -0.25) is 24.0 Å². The van der Waals surface area contributed by atoms with Gasteiger partial charge in [0.05, 0.1) is 12.1 Å². The number of carboxylic acids is 2. The zero-order valence-electron chi connectivity index (χ0n) is 15.4. The number of carboxylic acid groups (broad SMARTS) is 2. The average molecular weight is 422 g/mol. The highest BCUT2D eigenvalue weighted by Gasteiger charge is 2.31. The van der Waals surface area contributed by atoms with E-state index >= 15 is 0 Å². The summed E-state index contributed by atoms with van der Waals surface area (Å²) in [4.78, 5) is 58.1. The van der Waals surface area contributed by atoms with Gasteiger partial charge in [-0.15, -0.1) is 0 Å². The maximum Gasteiger partial charge on any atom is 0.325 e. The third-order valence-electron chi connectivity index (χ3n) is 3.61. The van der Waals surface area contributed by atoms with E-state index in [0.717, 1.165) is 0 Å². The van der Waals surface area contributed by atoms with Crippen LogP contribution in [0.5, 0.6) is 0 Å². The van der Waals surface area contributed by atoms with Crippen LogP contribution in [-0.2, 0) is 24.0 Å². The second-order valence-electron chi connectivity index (χ2n) is 6.08. The van der Waals surface area contributed by atoms with E-state index in [4.69, 9.17) is 15.9 Å². The van der Waals surface area contributed by atoms with E-state index in [9.17, 15) is 29.1 Å².